The van der Waals surface area contributed by atoms with Gasteiger partial charge in [0.1, 0.15) is 0 Å². The molecule has 1 aromatic heterocycles. The summed E-state index contributed by atoms with van der Waals surface area (Å²) in [5, 5.41) is 0. The molecule has 2 nitrogen and oxygen atoms in total. The number of para-hydroxylation sites is 2. The first-order chi connectivity index (χ1) is 11.7. The predicted molar refractivity (Wildman–Crippen MR) is 101 cm³/mol. The minimum atomic E-state index is 0.944. The van der Waals surface area contributed by atoms with Crippen LogP contribution in [0.5, 0.6) is 0 Å². The van der Waals surface area contributed by atoms with Crippen molar-refractivity contribution < 1.29 is 0 Å². The van der Waals surface area contributed by atoms with E-state index in [1.54, 1.807) is 0 Å². The number of nitrogens with zero attached hydrogens (tertiary/aromatic N) is 2. The fourth-order valence-electron chi connectivity index (χ4n) is 3.08. The second-order valence-corrected chi connectivity index (χ2v) is 6.48. The highest BCUT2D eigenvalue weighted by molar-refractivity contribution is 5.85. The fraction of sp³-hybridized carbons (Fsp3) is 0.182. The maximum absolute atomic E-state index is 4.96. The standard InChI is InChI=1S/C22H20N2/c1-15-7-11-17(12-8-15)21-22(18-13-9-16(2)10-14-18)24-20-6-4-3-5-19(20)23-21/h3-9,11-13H,10,14H2,1-2H3. The first-order valence-electron chi connectivity index (χ1n) is 8.41. The van der Waals surface area contributed by atoms with Gasteiger partial charge in [-0.1, -0.05) is 59.7 Å². The van der Waals surface area contributed by atoms with E-state index in [0.29, 0.717) is 0 Å². The first kappa shape index (κ1) is 14.8. The van der Waals surface area contributed by atoms with Crippen molar-refractivity contribution in [2.45, 2.75) is 26.7 Å². The number of allylic oxidation sites excluding steroid dienone is 4. The lowest BCUT2D eigenvalue weighted by molar-refractivity contribution is 0.969. The zero-order valence-electron chi connectivity index (χ0n) is 14.1. The first-order valence-corrected chi connectivity index (χ1v) is 8.41. The summed E-state index contributed by atoms with van der Waals surface area (Å²) in [6.07, 6.45) is 6.52. The summed E-state index contributed by atoms with van der Waals surface area (Å²) < 4.78 is 0. The van der Waals surface area contributed by atoms with Crippen LogP contribution in [0.1, 0.15) is 31.0 Å². The Morgan fingerprint density at radius 3 is 2.00 bits per heavy atom. The minimum Gasteiger partial charge on any atom is -0.244 e. The molecule has 1 aliphatic carbocycles. The summed E-state index contributed by atoms with van der Waals surface area (Å²) in [5.41, 5.74) is 8.97. The van der Waals surface area contributed by atoms with Crippen molar-refractivity contribution in [1.82, 2.24) is 9.97 Å². The number of aromatic nitrogens is 2. The molecule has 1 heterocycles. The van der Waals surface area contributed by atoms with Gasteiger partial charge in [-0.2, -0.15) is 0 Å². The molecule has 24 heavy (non-hydrogen) atoms. The third-order valence-electron chi connectivity index (χ3n) is 4.56. The Morgan fingerprint density at radius 1 is 0.708 bits per heavy atom. The van der Waals surface area contributed by atoms with Crippen LogP contribution < -0.4 is 0 Å². The number of hydrogen-bond donors (Lipinski definition) is 0. The normalized spacial score (nSPS) is 14.4. The van der Waals surface area contributed by atoms with Crippen molar-refractivity contribution in [3.8, 4) is 11.3 Å². The second kappa shape index (κ2) is 6.04. The van der Waals surface area contributed by atoms with Gasteiger partial charge in [-0.3, -0.25) is 0 Å². The number of fused-ring (bicyclic) bond motifs is 1. The van der Waals surface area contributed by atoms with Gasteiger partial charge in [0.15, 0.2) is 0 Å². The monoisotopic (exact) mass is 312 g/mol. The molecule has 0 fully saturated rings. The third kappa shape index (κ3) is 2.76. The van der Waals surface area contributed by atoms with E-state index < -0.39 is 0 Å². The van der Waals surface area contributed by atoms with Crippen molar-refractivity contribution in [2.75, 3.05) is 0 Å². The molecule has 1 aliphatic rings. The number of benzene rings is 2. The molecule has 118 valence electrons. The molecule has 0 bridgehead atoms. The molecular weight excluding hydrogens is 292 g/mol. The van der Waals surface area contributed by atoms with E-state index in [-0.39, 0.29) is 0 Å². The zero-order valence-corrected chi connectivity index (χ0v) is 14.1. The van der Waals surface area contributed by atoms with Crippen LogP contribution in [-0.2, 0) is 0 Å². The van der Waals surface area contributed by atoms with Gasteiger partial charge >= 0.3 is 0 Å². The molecule has 0 radical (unpaired) electrons. The lowest BCUT2D eigenvalue weighted by Crippen LogP contribution is -2.01. The average Bonchev–Trinajstić information content (AvgIpc) is 2.62. The summed E-state index contributed by atoms with van der Waals surface area (Å²) in [6, 6.07) is 16.7. The SMILES string of the molecule is CC1=CC=C(c2nc3ccccc3nc2-c2ccc(C)cc2)CC1. The Bertz CT molecular complexity index is 963. The van der Waals surface area contributed by atoms with Crippen molar-refractivity contribution in [2.24, 2.45) is 0 Å². The Morgan fingerprint density at radius 2 is 1.38 bits per heavy atom. The van der Waals surface area contributed by atoms with E-state index in [1.807, 2.05) is 24.3 Å². The van der Waals surface area contributed by atoms with Crippen LogP contribution in [0.2, 0.25) is 0 Å². The van der Waals surface area contributed by atoms with E-state index in [9.17, 15) is 0 Å². The van der Waals surface area contributed by atoms with Crippen molar-refractivity contribution in [1.29, 1.82) is 0 Å². The smallest absolute Gasteiger partial charge is 0.0969 e. The summed E-state index contributed by atoms with van der Waals surface area (Å²) in [4.78, 5) is 9.91. The van der Waals surface area contributed by atoms with Crippen LogP contribution in [-0.4, -0.2) is 9.97 Å². The van der Waals surface area contributed by atoms with E-state index in [0.717, 1.165) is 40.8 Å². The van der Waals surface area contributed by atoms with Gasteiger partial charge in [-0.25, -0.2) is 9.97 Å². The zero-order chi connectivity index (χ0) is 16.5. The highest BCUT2D eigenvalue weighted by Crippen LogP contribution is 2.33. The topological polar surface area (TPSA) is 25.8 Å². The van der Waals surface area contributed by atoms with E-state index in [4.69, 9.17) is 9.97 Å². The van der Waals surface area contributed by atoms with Crippen LogP contribution in [0.25, 0.3) is 27.9 Å². The molecule has 0 amide bonds. The quantitative estimate of drug-likeness (QED) is 0.604. The molecule has 0 saturated carbocycles. The van der Waals surface area contributed by atoms with Crippen LogP contribution in [0.4, 0.5) is 0 Å². The van der Waals surface area contributed by atoms with Gasteiger partial charge in [-0.15, -0.1) is 0 Å². The highest BCUT2D eigenvalue weighted by Gasteiger charge is 2.16. The van der Waals surface area contributed by atoms with Gasteiger partial charge < -0.3 is 0 Å². The van der Waals surface area contributed by atoms with Gasteiger partial charge in [0.05, 0.1) is 22.4 Å². The van der Waals surface area contributed by atoms with Crippen molar-refractivity contribution in [3.05, 3.63) is 77.5 Å². The largest absolute Gasteiger partial charge is 0.244 e. The molecule has 0 spiro atoms. The van der Waals surface area contributed by atoms with E-state index >= 15 is 0 Å². The summed E-state index contributed by atoms with van der Waals surface area (Å²) >= 11 is 0. The van der Waals surface area contributed by atoms with Gasteiger partial charge in [-0.05, 0) is 44.4 Å². The van der Waals surface area contributed by atoms with Crippen molar-refractivity contribution >= 4 is 16.6 Å². The molecule has 4 rings (SSSR count). The summed E-state index contributed by atoms with van der Waals surface area (Å²) in [7, 11) is 0. The maximum Gasteiger partial charge on any atom is 0.0969 e. The lowest BCUT2D eigenvalue weighted by Gasteiger charge is -2.16. The minimum absolute atomic E-state index is 0.944. The van der Waals surface area contributed by atoms with Crippen LogP contribution in [0.3, 0.4) is 0 Å². The Labute approximate surface area is 142 Å². The fourth-order valence-corrected chi connectivity index (χ4v) is 3.08. The van der Waals surface area contributed by atoms with Gasteiger partial charge in [0.2, 0.25) is 0 Å². The van der Waals surface area contributed by atoms with Crippen molar-refractivity contribution in [3.63, 3.8) is 0 Å². The van der Waals surface area contributed by atoms with Crippen LogP contribution in [0, 0.1) is 6.92 Å². The summed E-state index contributed by atoms with van der Waals surface area (Å²) in [5.74, 6) is 0. The number of aryl methyl sites for hydroxylation is 1. The molecule has 0 atom stereocenters. The average molecular weight is 312 g/mol. The molecule has 0 aliphatic heterocycles. The van der Waals surface area contributed by atoms with E-state index in [2.05, 4.69) is 50.3 Å². The molecular formula is C22H20N2. The van der Waals surface area contributed by atoms with Gasteiger partial charge in [0, 0.05) is 5.56 Å². The van der Waals surface area contributed by atoms with Crippen LogP contribution in [0.15, 0.2) is 66.3 Å². The number of rotatable bonds is 2. The lowest BCUT2D eigenvalue weighted by atomic mass is 9.94. The maximum atomic E-state index is 4.96. The molecule has 0 unspecified atom stereocenters. The third-order valence-corrected chi connectivity index (χ3v) is 4.56. The second-order valence-electron chi connectivity index (χ2n) is 6.48. The molecule has 2 aromatic carbocycles. The Kier molecular flexibility index (Phi) is 3.73. The molecule has 0 N–H and O–H groups in total. The highest BCUT2D eigenvalue weighted by atomic mass is 14.8. The molecule has 3 aromatic rings. The van der Waals surface area contributed by atoms with Crippen LogP contribution >= 0.6 is 0 Å². The molecule has 0 saturated heterocycles. The number of hydrogen-bond acceptors (Lipinski definition) is 2. The Hall–Kier alpha value is -2.74. The molecule has 2 heteroatoms. The predicted octanol–water partition coefficient (Wildman–Crippen LogP) is 5.73. The van der Waals surface area contributed by atoms with Gasteiger partial charge in [0.25, 0.3) is 0 Å². The Balaban J connectivity index is 1.96. The summed E-state index contributed by atoms with van der Waals surface area (Å²) in [6.45, 7) is 4.29. The van der Waals surface area contributed by atoms with E-state index in [1.165, 1.54) is 16.7 Å².